The molecular weight excluding hydrogens is 288 g/mol. The van der Waals surface area contributed by atoms with Gasteiger partial charge in [0.05, 0.1) is 0 Å². The van der Waals surface area contributed by atoms with Gasteiger partial charge in [0.25, 0.3) is 0 Å². The Labute approximate surface area is 136 Å². The number of hydrogen-bond acceptors (Lipinski definition) is 3. The van der Waals surface area contributed by atoms with Crippen molar-refractivity contribution in [2.75, 3.05) is 17.2 Å². The zero-order valence-corrected chi connectivity index (χ0v) is 13.8. The second-order valence-electron chi connectivity index (χ2n) is 5.68. The quantitative estimate of drug-likeness (QED) is 0.794. The molecule has 2 aromatic carbocycles. The van der Waals surface area contributed by atoms with Gasteiger partial charge in [-0.2, -0.15) is 0 Å². The average Bonchev–Trinajstić information content (AvgIpc) is 2.50. The standard InChI is InChI=1S/C19H22N2O2/c1-13-4-9-18(14(2)12-13)20-11-10-19(23)21-17-7-5-16(6-8-17)15(3)22/h4-9,12,20H,10-11H2,1-3H3,(H,21,23). The maximum atomic E-state index is 11.9. The normalized spacial score (nSPS) is 10.2. The fourth-order valence-electron chi connectivity index (χ4n) is 2.33. The number of hydrogen-bond donors (Lipinski definition) is 2. The third-order valence-electron chi connectivity index (χ3n) is 3.62. The van der Waals surface area contributed by atoms with Crippen LogP contribution in [0.15, 0.2) is 42.5 Å². The summed E-state index contributed by atoms with van der Waals surface area (Å²) in [5, 5.41) is 6.10. The first-order valence-electron chi connectivity index (χ1n) is 7.67. The first-order chi connectivity index (χ1) is 11.0. The van der Waals surface area contributed by atoms with Crippen LogP contribution < -0.4 is 10.6 Å². The highest BCUT2D eigenvalue weighted by Gasteiger charge is 2.04. The van der Waals surface area contributed by atoms with Crippen molar-refractivity contribution in [2.24, 2.45) is 0 Å². The van der Waals surface area contributed by atoms with Gasteiger partial charge in [-0.3, -0.25) is 9.59 Å². The summed E-state index contributed by atoms with van der Waals surface area (Å²) in [6.07, 6.45) is 0.377. The van der Waals surface area contributed by atoms with E-state index in [2.05, 4.69) is 23.6 Å². The highest BCUT2D eigenvalue weighted by Crippen LogP contribution is 2.16. The molecule has 0 saturated carbocycles. The third kappa shape index (κ3) is 4.95. The lowest BCUT2D eigenvalue weighted by molar-refractivity contribution is -0.115. The molecule has 4 nitrogen and oxygen atoms in total. The molecule has 0 heterocycles. The number of ketones is 1. The number of benzene rings is 2. The zero-order valence-electron chi connectivity index (χ0n) is 13.8. The van der Waals surface area contributed by atoms with Crippen LogP contribution in [-0.2, 0) is 4.79 Å². The van der Waals surface area contributed by atoms with Crippen molar-refractivity contribution in [3.05, 3.63) is 59.2 Å². The molecule has 0 atom stereocenters. The van der Waals surface area contributed by atoms with Crippen LogP contribution in [0.3, 0.4) is 0 Å². The number of amides is 1. The molecule has 0 fully saturated rings. The lowest BCUT2D eigenvalue weighted by Gasteiger charge is -2.10. The van der Waals surface area contributed by atoms with Crippen LogP contribution in [0.5, 0.6) is 0 Å². The molecule has 4 heteroatoms. The van der Waals surface area contributed by atoms with Gasteiger partial charge in [-0.25, -0.2) is 0 Å². The van der Waals surface area contributed by atoms with E-state index in [-0.39, 0.29) is 11.7 Å². The Hall–Kier alpha value is -2.62. The molecule has 0 bridgehead atoms. The van der Waals surface area contributed by atoms with Gasteiger partial charge in [-0.05, 0) is 56.7 Å². The molecule has 2 rings (SSSR count). The van der Waals surface area contributed by atoms with Crippen LogP contribution >= 0.6 is 0 Å². The summed E-state index contributed by atoms with van der Waals surface area (Å²) < 4.78 is 0. The van der Waals surface area contributed by atoms with Gasteiger partial charge < -0.3 is 10.6 Å². The van der Waals surface area contributed by atoms with Gasteiger partial charge in [-0.1, -0.05) is 17.7 Å². The van der Waals surface area contributed by atoms with Gasteiger partial charge in [0.2, 0.25) is 5.91 Å². The van der Waals surface area contributed by atoms with Crippen LogP contribution in [-0.4, -0.2) is 18.2 Å². The summed E-state index contributed by atoms with van der Waals surface area (Å²) in [4.78, 5) is 23.2. The van der Waals surface area contributed by atoms with Crippen molar-refractivity contribution < 1.29 is 9.59 Å². The minimum absolute atomic E-state index is 0.0144. The molecule has 0 aliphatic heterocycles. The van der Waals surface area contributed by atoms with E-state index in [1.807, 2.05) is 19.1 Å². The Morgan fingerprint density at radius 1 is 1.00 bits per heavy atom. The number of nitrogens with one attached hydrogen (secondary N) is 2. The lowest BCUT2D eigenvalue weighted by atomic mass is 10.1. The summed E-state index contributed by atoms with van der Waals surface area (Å²) in [5.41, 5.74) is 4.78. The smallest absolute Gasteiger partial charge is 0.226 e. The molecule has 23 heavy (non-hydrogen) atoms. The van der Waals surface area contributed by atoms with Gasteiger partial charge >= 0.3 is 0 Å². The summed E-state index contributed by atoms with van der Waals surface area (Å²) in [7, 11) is 0. The number of Topliss-reactive ketones (excluding diaryl/α,β-unsaturated/α-hetero) is 1. The minimum atomic E-state index is -0.0576. The van der Waals surface area contributed by atoms with Crippen LogP contribution in [0.2, 0.25) is 0 Å². The molecular formula is C19H22N2O2. The molecule has 0 aliphatic rings. The van der Waals surface area contributed by atoms with Crippen molar-refractivity contribution in [1.82, 2.24) is 0 Å². The van der Waals surface area contributed by atoms with Crippen LogP contribution in [0, 0.1) is 13.8 Å². The van der Waals surface area contributed by atoms with E-state index in [0.29, 0.717) is 24.2 Å². The molecule has 0 spiro atoms. The predicted octanol–water partition coefficient (Wildman–Crippen LogP) is 3.95. The highest BCUT2D eigenvalue weighted by molar-refractivity contribution is 5.95. The topological polar surface area (TPSA) is 58.2 Å². The van der Waals surface area contributed by atoms with Gasteiger partial charge in [0.15, 0.2) is 5.78 Å². The molecule has 0 saturated heterocycles. The van der Waals surface area contributed by atoms with Gasteiger partial charge in [0.1, 0.15) is 0 Å². The Kier molecular flexibility index (Phi) is 5.52. The molecule has 0 aromatic heterocycles. The number of carbonyl (C=O) groups excluding carboxylic acids is 2. The van der Waals surface area contributed by atoms with E-state index in [0.717, 1.165) is 5.69 Å². The fraction of sp³-hybridized carbons (Fsp3) is 0.263. The van der Waals surface area contributed by atoms with Crippen molar-refractivity contribution in [3.8, 4) is 0 Å². The van der Waals surface area contributed by atoms with Crippen molar-refractivity contribution in [2.45, 2.75) is 27.2 Å². The van der Waals surface area contributed by atoms with Crippen molar-refractivity contribution >= 4 is 23.1 Å². The minimum Gasteiger partial charge on any atom is -0.384 e. The Morgan fingerprint density at radius 2 is 1.70 bits per heavy atom. The predicted molar refractivity (Wildman–Crippen MR) is 94.1 cm³/mol. The molecule has 2 N–H and O–H groups in total. The van der Waals surface area contributed by atoms with Crippen LogP contribution in [0.25, 0.3) is 0 Å². The maximum Gasteiger partial charge on any atom is 0.226 e. The molecule has 0 aliphatic carbocycles. The molecule has 120 valence electrons. The first-order valence-corrected chi connectivity index (χ1v) is 7.67. The molecule has 2 aromatic rings. The molecule has 0 unspecified atom stereocenters. The summed E-state index contributed by atoms with van der Waals surface area (Å²) >= 11 is 0. The average molecular weight is 310 g/mol. The van der Waals surface area contributed by atoms with E-state index >= 15 is 0 Å². The van der Waals surface area contributed by atoms with E-state index in [4.69, 9.17) is 0 Å². The highest BCUT2D eigenvalue weighted by atomic mass is 16.1. The third-order valence-corrected chi connectivity index (χ3v) is 3.62. The maximum absolute atomic E-state index is 11.9. The van der Waals surface area contributed by atoms with E-state index in [1.165, 1.54) is 18.1 Å². The van der Waals surface area contributed by atoms with Crippen molar-refractivity contribution in [1.29, 1.82) is 0 Å². The summed E-state index contributed by atoms with van der Waals surface area (Å²) in [6, 6.07) is 13.1. The molecule has 0 radical (unpaired) electrons. The summed E-state index contributed by atoms with van der Waals surface area (Å²) in [5.74, 6) is -0.0432. The number of carbonyl (C=O) groups is 2. The Morgan fingerprint density at radius 3 is 2.30 bits per heavy atom. The molecule has 1 amide bonds. The number of aryl methyl sites for hydroxylation is 2. The first kappa shape index (κ1) is 16.7. The summed E-state index contributed by atoms with van der Waals surface area (Å²) in [6.45, 7) is 6.20. The Balaban J connectivity index is 1.82. The van der Waals surface area contributed by atoms with E-state index < -0.39 is 0 Å². The van der Waals surface area contributed by atoms with E-state index in [9.17, 15) is 9.59 Å². The SMILES string of the molecule is CC(=O)c1ccc(NC(=O)CCNc2ccc(C)cc2C)cc1. The zero-order chi connectivity index (χ0) is 16.8. The second-order valence-corrected chi connectivity index (χ2v) is 5.68. The number of rotatable bonds is 6. The fourth-order valence-corrected chi connectivity index (χ4v) is 2.33. The Bertz CT molecular complexity index is 706. The number of anilines is 2. The van der Waals surface area contributed by atoms with Gasteiger partial charge in [0, 0.05) is 29.9 Å². The largest absolute Gasteiger partial charge is 0.384 e. The van der Waals surface area contributed by atoms with E-state index in [1.54, 1.807) is 24.3 Å². The van der Waals surface area contributed by atoms with Crippen molar-refractivity contribution in [3.63, 3.8) is 0 Å². The van der Waals surface area contributed by atoms with Crippen LogP contribution in [0.1, 0.15) is 34.8 Å². The van der Waals surface area contributed by atoms with Crippen LogP contribution in [0.4, 0.5) is 11.4 Å². The van der Waals surface area contributed by atoms with Gasteiger partial charge in [-0.15, -0.1) is 0 Å². The lowest BCUT2D eigenvalue weighted by Crippen LogP contribution is -2.16. The monoisotopic (exact) mass is 310 g/mol. The second kappa shape index (κ2) is 7.58.